The van der Waals surface area contributed by atoms with Gasteiger partial charge in [-0.2, -0.15) is 0 Å². The molecule has 30 heavy (non-hydrogen) atoms. The molecule has 0 saturated carbocycles. The quantitative estimate of drug-likeness (QED) is 0.620. The number of hydrogen-bond acceptors (Lipinski definition) is 5. The maximum absolute atomic E-state index is 14.7. The van der Waals surface area contributed by atoms with Crippen molar-refractivity contribution >= 4 is 28.6 Å². The molecule has 2 N–H and O–H groups in total. The molecule has 0 radical (unpaired) electrons. The van der Waals surface area contributed by atoms with Crippen LogP contribution in [0.2, 0.25) is 0 Å². The summed E-state index contributed by atoms with van der Waals surface area (Å²) >= 11 is 0. The number of nitrogens with zero attached hydrogens (tertiary/aromatic N) is 1. The number of aromatic nitrogens is 1. The van der Waals surface area contributed by atoms with Gasteiger partial charge in [0.2, 0.25) is 0 Å². The zero-order valence-electron chi connectivity index (χ0n) is 15.9. The number of hydrogen-bond donors (Lipinski definition) is 2. The summed E-state index contributed by atoms with van der Waals surface area (Å²) in [6.45, 7) is 0. The SMILES string of the molecule is CONC(=O)C1=C(C(=O)Nc2c(F)cc(-c3cccc4ocnc34)cc2F)CCC1. The van der Waals surface area contributed by atoms with Gasteiger partial charge < -0.3 is 9.73 Å². The largest absolute Gasteiger partial charge is 0.443 e. The number of carbonyl (C=O) groups is 2. The Labute approximate surface area is 169 Å². The van der Waals surface area contributed by atoms with E-state index in [9.17, 15) is 18.4 Å². The van der Waals surface area contributed by atoms with Crippen LogP contribution in [0.1, 0.15) is 19.3 Å². The van der Waals surface area contributed by atoms with E-state index in [4.69, 9.17) is 4.42 Å². The van der Waals surface area contributed by atoms with Crippen LogP contribution in [-0.2, 0) is 14.4 Å². The fourth-order valence-electron chi connectivity index (χ4n) is 3.56. The lowest BCUT2D eigenvalue weighted by Crippen LogP contribution is -2.26. The van der Waals surface area contributed by atoms with Crippen LogP contribution >= 0.6 is 0 Å². The first-order chi connectivity index (χ1) is 14.5. The topological polar surface area (TPSA) is 93.5 Å². The van der Waals surface area contributed by atoms with Gasteiger partial charge in [0.1, 0.15) is 22.8 Å². The molecule has 1 aliphatic carbocycles. The third kappa shape index (κ3) is 3.55. The highest BCUT2D eigenvalue weighted by atomic mass is 19.1. The van der Waals surface area contributed by atoms with E-state index in [0.717, 1.165) is 12.1 Å². The van der Waals surface area contributed by atoms with Gasteiger partial charge in [-0.15, -0.1) is 0 Å². The van der Waals surface area contributed by atoms with Gasteiger partial charge in [0.25, 0.3) is 11.8 Å². The summed E-state index contributed by atoms with van der Waals surface area (Å²) in [7, 11) is 1.28. The average Bonchev–Trinajstić information content (AvgIpc) is 3.39. The van der Waals surface area contributed by atoms with Gasteiger partial charge in [-0.1, -0.05) is 12.1 Å². The molecule has 1 heterocycles. The number of para-hydroxylation sites is 1. The number of hydroxylamine groups is 1. The van der Waals surface area contributed by atoms with Gasteiger partial charge in [0.15, 0.2) is 12.0 Å². The Bertz CT molecular complexity index is 1160. The highest BCUT2D eigenvalue weighted by Gasteiger charge is 2.27. The number of nitrogens with one attached hydrogen (secondary N) is 2. The van der Waals surface area contributed by atoms with Crippen LogP contribution in [0.5, 0.6) is 0 Å². The van der Waals surface area contributed by atoms with Crippen LogP contribution < -0.4 is 10.8 Å². The molecule has 3 aromatic rings. The number of amides is 2. The lowest BCUT2D eigenvalue weighted by atomic mass is 10.0. The van der Waals surface area contributed by atoms with Crippen LogP contribution in [-0.4, -0.2) is 23.9 Å². The van der Waals surface area contributed by atoms with Crippen molar-refractivity contribution in [2.75, 3.05) is 12.4 Å². The smallest absolute Gasteiger partial charge is 0.271 e. The lowest BCUT2D eigenvalue weighted by Gasteiger charge is -2.12. The molecule has 7 nitrogen and oxygen atoms in total. The lowest BCUT2D eigenvalue weighted by molar-refractivity contribution is -0.127. The van der Waals surface area contributed by atoms with Crippen molar-refractivity contribution in [3.63, 3.8) is 0 Å². The minimum Gasteiger partial charge on any atom is -0.443 e. The predicted octanol–water partition coefficient (Wildman–Crippen LogP) is 3.87. The molecule has 154 valence electrons. The van der Waals surface area contributed by atoms with Crippen molar-refractivity contribution in [2.45, 2.75) is 19.3 Å². The van der Waals surface area contributed by atoms with Gasteiger partial charge in [0, 0.05) is 16.7 Å². The number of rotatable bonds is 5. The van der Waals surface area contributed by atoms with Crippen molar-refractivity contribution in [2.24, 2.45) is 0 Å². The maximum atomic E-state index is 14.7. The van der Waals surface area contributed by atoms with Crippen LogP contribution in [0, 0.1) is 11.6 Å². The van der Waals surface area contributed by atoms with Crippen molar-refractivity contribution < 1.29 is 27.6 Å². The monoisotopic (exact) mass is 413 g/mol. The summed E-state index contributed by atoms with van der Waals surface area (Å²) in [5, 5.41) is 2.26. The standard InChI is InChI=1S/C21H17F2N3O4/c1-29-26-21(28)14-6-2-5-13(14)20(27)25-19-15(22)8-11(9-16(19)23)12-4-3-7-17-18(12)24-10-30-17/h3-4,7-10H,2,5-6H2,1H3,(H,25,27)(H,26,28). The molecule has 0 spiro atoms. The van der Waals surface area contributed by atoms with Gasteiger partial charge in [0.05, 0.1) is 7.11 Å². The molecule has 0 aliphatic heterocycles. The Kier molecular flexibility index (Phi) is 5.28. The normalized spacial score (nSPS) is 13.7. The molecule has 0 unspecified atom stereocenters. The molecule has 0 atom stereocenters. The van der Waals surface area contributed by atoms with Crippen molar-refractivity contribution in [3.05, 3.63) is 59.5 Å². The Hall–Kier alpha value is -3.59. The number of oxazole rings is 1. The molecule has 9 heteroatoms. The van der Waals surface area contributed by atoms with Gasteiger partial charge >= 0.3 is 0 Å². The first-order valence-corrected chi connectivity index (χ1v) is 9.18. The van der Waals surface area contributed by atoms with Crippen LogP contribution in [0.3, 0.4) is 0 Å². The van der Waals surface area contributed by atoms with E-state index in [2.05, 4.69) is 20.6 Å². The minimum atomic E-state index is -0.944. The minimum absolute atomic E-state index is 0.180. The summed E-state index contributed by atoms with van der Waals surface area (Å²) < 4.78 is 34.7. The number of benzene rings is 2. The summed E-state index contributed by atoms with van der Waals surface area (Å²) in [6, 6.07) is 7.28. The molecular formula is C21H17F2N3O4. The van der Waals surface area contributed by atoms with E-state index in [1.165, 1.54) is 13.5 Å². The molecule has 4 rings (SSSR count). The fraction of sp³-hybridized carbons (Fsp3) is 0.190. The van der Waals surface area contributed by atoms with Crippen molar-refractivity contribution in [1.82, 2.24) is 10.5 Å². The number of anilines is 1. The third-order valence-electron chi connectivity index (χ3n) is 4.91. The third-order valence-corrected chi connectivity index (χ3v) is 4.91. The van der Waals surface area contributed by atoms with Crippen molar-refractivity contribution in [1.29, 1.82) is 0 Å². The highest BCUT2D eigenvalue weighted by Crippen LogP contribution is 2.33. The summed E-state index contributed by atoms with van der Waals surface area (Å²) in [6.07, 6.45) is 2.54. The Morgan fingerprint density at radius 2 is 1.80 bits per heavy atom. The van der Waals surface area contributed by atoms with E-state index in [0.29, 0.717) is 35.9 Å². The molecule has 1 aliphatic rings. The van der Waals surface area contributed by atoms with Crippen LogP contribution in [0.25, 0.3) is 22.2 Å². The molecule has 1 aromatic heterocycles. The predicted molar refractivity (Wildman–Crippen MR) is 104 cm³/mol. The van der Waals surface area contributed by atoms with Crippen LogP contribution in [0.15, 0.2) is 52.3 Å². The van der Waals surface area contributed by atoms with E-state index < -0.39 is 29.1 Å². The van der Waals surface area contributed by atoms with Gasteiger partial charge in [-0.25, -0.2) is 19.2 Å². The number of carbonyl (C=O) groups excluding carboxylic acids is 2. The zero-order valence-corrected chi connectivity index (χ0v) is 15.9. The van der Waals surface area contributed by atoms with Crippen molar-refractivity contribution in [3.8, 4) is 11.1 Å². The summed E-state index contributed by atoms with van der Waals surface area (Å²) in [4.78, 5) is 33.3. The summed E-state index contributed by atoms with van der Waals surface area (Å²) in [5.41, 5.74) is 3.70. The molecule has 2 amide bonds. The molecule has 0 saturated heterocycles. The first kappa shape index (κ1) is 19.7. The summed E-state index contributed by atoms with van der Waals surface area (Å²) in [5.74, 6) is -3.16. The van der Waals surface area contributed by atoms with E-state index in [1.54, 1.807) is 18.2 Å². The Morgan fingerprint density at radius 3 is 2.50 bits per heavy atom. The molecular weight excluding hydrogens is 396 g/mol. The Morgan fingerprint density at radius 1 is 1.10 bits per heavy atom. The van der Waals surface area contributed by atoms with Crippen LogP contribution in [0.4, 0.5) is 14.5 Å². The molecule has 2 aromatic carbocycles. The van der Waals surface area contributed by atoms with Gasteiger partial charge in [-0.3, -0.25) is 14.4 Å². The number of halogens is 2. The first-order valence-electron chi connectivity index (χ1n) is 9.18. The van der Waals surface area contributed by atoms with E-state index in [-0.39, 0.29) is 16.7 Å². The Balaban J connectivity index is 1.65. The highest BCUT2D eigenvalue weighted by molar-refractivity contribution is 6.10. The fourth-order valence-corrected chi connectivity index (χ4v) is 3.56. The zero-order chi connectivity index (χ0) is 21.3. The second kappa shape index (κ2) is 8.03. The van der Waals surface area contributed by atoms with E-state index in [1.807, 2.05) is 0 Å². The second-order valence-corrected chi connectivity index (χ2v) is 6.72. The van der Waals surface area contributed by atoms with E-state index >= 15 is 0 Å². The number of fused-ring (bicyclic) bond motifs is 1. The average molecular weight is 413 g/mol. The van der Waals surface area contributed by atoms with Gasteiger partial charge in [-0.05, 0) is 43.0 Å². The molecule has 0 bridgehead atoms. The molecule has 0 fully saturated rings. The maximum Gasteiger partial charge on any atom is 0.271 e. The second-order valence-electron chi connectivity index (χ2n) is 6.72.